The van der Waals surface area contributed by atoms with Gasteiger partial charge < -0.3 is 9.42 Å². The van der Waals surface area contributed by atoms with Crippen LogP contribution in [0.4, 0.5) is 5.69 Å². The van der Waals surface area contributed by atoms with Crippen LogP contribution >= 0.6 is 11.3 Å². The second-order valence-corrected chi connectivity index (χ2v) is 6.25. The number of nitro groups is 1. The predicted molar refractivity (Wildman–Crippen MR) is 90.9 cm³/mol. The van der Waals surface area contributed by atoms with E-state index in [2.05, 4.69) is 10.1 Å². The monoisotopic (exact) mass is 358 g/mol. The fourth-order valence-electron chi connectivity index (χ4n) is 2.25. The minimum absolute atomic E-state index is 0.0676. The Bertz CT molecular complexity index is 891. The maximum Gasteiger partial charge on any atom is 0.273 e. The van der Waals surface area contributed by atoms with Gasteiger partial charge in [0.25, 0.3) is 5.69 Å². The van der Waals surface area contributed by atoms with E-state index in [1.165, 1.54) is 22.3 Å². The topological polar surface area (TPSA) is 102 Å². The zero-order chi connectivity index (χ0) is 17.8. The number of carbonyl (C=O) groups is 1. The number of amides is 1. The molecule has 0 aliphatic carbocycles. The van der Waals surface area contributed by atoms with Crippen LogP contribution in [-0.4, -0.2) is 32.9 Å². The Labute approximate surface area is 146 Å². The first kappa shape index (κ1) is 16.8. The number of carbonyl (C=O) groups excluding carboxylic acids is 1. The van der Waals surface area contributed by atoms with Gasteiger partial charge in [-0.1, -0.05) is 29.4 Å². The lowest BCUT2D eigenvalue weighted by molar-refractivity contribution is -0.385. The third-order valence-corrected chi connectivity index (χ3v) is 4.40. The quantitative estimate of drug-likeness (QED) is 0.496. The summed E-state index contributed by atoms with van der Waals surface area (Å²) in [5, 5.41) is 16.8. The smallest absolute Gasteiger partial charge is 0.273 e. The van der Waals surface area contributed by atoms with Gasteiger partial charge in [0, 0.05) is 18.7 Å². The number of hydrogen-bond acceptors (Lipinski definition) is 7. The van der Waals surface area contributed by atoms with Gasteiger partial charge in [0.15, 0.2) is 0 Å². The summed E-state index contributed by atoms with van der Waals surface area (Å²) in [5.41, 5.74) is 0.302. The number of para-hydroxylation sites is 1. The minimum atomic E-state index is -0.492. The first-order chi connectivity index (χ1) is 12.0. The lowest BCUT2D eigenvalue weighted by Gasteiger charge is -2.14. The number of benzene rings is 1. The summed E-state index contributed by atoms with van der Waals surface area (Å²) < 4.78 is 5.16. The number of rotatable bonds is 6. The van der Waals surface area contributed by atoms with E-state index in [9.17, 15) is 14.9 Å². The van der Waals surface area contributed by atoms with Crippen LogP contribution in [0.15, 0.2) is 46.3 Å². The molecule has 1 amide bonds. The van der Waals surface area contributed by atoms with Crippen LogP contribution in [0, 0.1) is 10.1 Å². The summed E-state index contributed by atoms with van der Waals surface area (Å²) in [6.07, 6.45) is -0.0699. The molecule has 0 bridgehead atoms. The molecule has 0 spiro atoms. The van der Waals surface area contributed by atoms with Crippen LogP contribution < -0.4 is 0 Å². The normalized spacial score (nSPS) is 10.6. The van der Waals surface area contributed by atoms with E-state index >= 15 is 0 Å². The second kappa shape index (κ2) is 7.22. The van der Waals surface area contributed by atoms with Crippen molar-refractivity contribution in [2.75, 3.05) is 7.05 Å². The summed E-state index contributed by atoms with van der Waals surface area (Å²) in [7, 11) is 1.59. The summed E-state index contributed by atoms with van der Waals surface area (Å²) in [5.74, 6) is 0.511. The second-order valence-electron chi connectivity index (χ2n) is 5.30. The van der Waals surface area contributed by atoms with Gasteiger partial charge in [-0.15, -0.1) is 11.3 Å². The Hall–Kier alpha value is -3.07. The van der Waals surface area contributed by atoms with Crippen molar-refractivity contribution in [1.82, 2.24) is 15.0 Å². The Balaban J connectivity index is 1.66. The Kier molecular flexibility index (Phi) is 4.85. The van der Waals surface area contributed by atoms with Crippen LogP contribution in [-0.2, 0) is 17.8 Å². The van der Waals surface area contributed by atoms with E-state index < -0.39 is 4.92 Å². The standard InChI is InChI=1S/C16H14N4O4S/c1-19(10-14-17-16(18-24-14)13-7-4-8-25-13)15(21)9-11-5-2-3-6-12(11)20(22)23/h2-8H,9-10H2,1H3. The van der Waals surface area contributed by atoms with Crippen molar-refractivity contribution in [3.63, 3.8) is 0 Å². The van der Waals surface area contributed by atoms with Gasteiger partial charge in [-0.05, 0) is 11.4 Å². The highest BCUT2D eigenvalue weighted by Crippen LogP contribution is 2.22. The molecule has 0 N–H and O–H groups in total. The molecule has 0 unspecified atom stereocenters. The summed E-state index contributed by atoms with van der Waals surface area (Å²) >= 11 is 1.49. The summed E-state index contributed by atoms with van der Waals surface area (Å²) in [6.45, 7) is 0.137. The van der Waals surface area contributed by atoms with Gasteiger partial charge in [0.05, 0.1) is 22.8 Å². The van der Waals surface area contributed by atoms with Crippen molar-refractivity contribution in [2.24, 2.45) is 0 Å². The molecule has 25 heavy (non-hydrogen) atoms. The van der Waals surface area contributed by atoms with Crippen molar-refractivity contribution in [3.05, 3.63) is 63.3 Å². The lowest BCUT2D eigenvalue weighted by atomic mass is 10.1. The average molecular weight is 358 g/mol. The van der Waals surface area contributed by atoms with Crippen LogP contribution in [0.2, 0.25) is 0 Å². The number of likely N-dealkylation sites (N-methyl/N-ethyl adjacent to an activating group) is 1. The number of aromatic nitrogens is 2. The van der Waals surface area contributed by atoms with Crippen molar-refractivity contribution in [2.45, 2.75) is 13.0 Å². The summed E-state index contributed by atoms with van der Waals surface area (Å²) in [6, 6.07) is 9.96. The van der Waals surface area contributed by atoms with E-state index in [0.29, 0.717) is 17.3 Å². The van der Waals surface area contributed by atoms with E-state index in [1.54, 1.807) is 25.2 Å². The minimum Gasteiger partial charge on any atom is -0.337 e. The maximum atomic E-state index is 12.3. The third kappa shape index (κ3) is 3.89. The first-order valence-electron chi connectivity index (χ1n) is 7.37. The predicted octanol–water partition coefficient (Wildman–Crippen LogP) is 2.91. The zero-order valence-electron chi connectivity index (χ0n) is 13.3. The number of nitro benzene ring substituents is 1. The molecule has 8 nitrogen and oxygen atoms in total. The molecule has 0 aliphatic heterocycles. The highest BCUT2D eigenvalue weighted by atomic mass is 32.1. The average Bonchev–Trinajstić information content (AvgIpc) is 3.26. The fourth-order valence-corrected chi connectivity index (χ4v) is 2.90. The zero-order valence-corrected chi connectivity index (χ0v) is 14.1. The molecule has 9 heteroatoms. The highest BCUT2D eigenvalue weighted by Gasteiger charge is 2.19. The molecule has 0 radical (unpaired) electrons. The van der Waals surface area contributed by atoms with Gasteiger partial charge in [-0.2, -0.15) is 4.98 Å². The molecule has 0 saturated heterocycles. The van der Waals surface area contributed by atoms with Gasteiger partial charge in [-0.25, -0.2) is 0 Å². The molecule has 0 saturated carbocycles. The van der Waals surface area contributed by atoms with E-state index in [0.717, 1.165) is 4.88 Å². The van der Waals surface area contributed by atoms with E-state index in [4.69, 9.17) is 4.52 Å². The van der Waals surface area contributed by atoms with Gasteiger partial charge in [0.2, 0.25) is 17.6 Å². The van der Waals surface area contributed by atoms with Gasteiger partial charge in [-0.3, -0.25) is 14.9 Å². The van der Waals surface area contributed by atoms with Crippen molar-refractivity contribution >= 4 is 22.9 Å². The largest absolute Gasteiger partial charge is 0.337 e. The van der Waals surface area contributed by atoms with Gasteiger partial charge in [0.1, 0.15) is 0 Å². The number of hydrogen-bond donors (Lipinski definition) is 0. The van der Waals surface area contributed by atoms with Crippen LogP contribution in [0.3, 0.4) is 0 Å². The van der Waals surface area contributed by atoms with Crippen molar-refractivity contribution < 1.29 is 14.2 Å². The SMILES string of the molecule is CN(Cc1nc(-c2cccs2)no1)C(=O)Cc1ccccc1[N+](=O)[O-]. The molecular formula is C16H14N4O4S. The Morgan fingerprint density at radius 2 is 2.12 bits per heavy atom. The molecule has 3 aromatic rings. The number of thiophene rings is 1. The molecule has 128 valence electrons. The molecule has 1 aromatic carbocycles. The maximum absolute atomic E-state index is 12.3. The van der Waals surface area contributed by atoms with Crippen LogP contribution in [0.5, 0.6) is 0 Å². The Morgan fingerprint density at radius 1 is 1.32 bits per heavy atom. The molecule has 0 aliphatic rings. The van der Waals surface area contributed by atoms with E-state index in [1.807, 2.05) is 17.5 Å². The molecule has 2 aromatic heterocycles. The first-order valence-corrected chi connectivity index (χ1v) is 8.25. The highest BCUT2D eigenvalue weighted by molar-refractivity contribution is 7.13. The molecule has 3 rings (SSSR count). The third-order valence-electron chi connectivity index (χ3n) is 3.54. The summed E-state index contributed by atoms with van der Waals surface area (Å²) in [4.78, 5) is 29.4. The number of nitrogens with zero attached hydrogens (tertiary/aromatic N) is 4. The van der Waals surface area contributed by atoms with Crippen LogP contribution in [0.1, 0.15) is 11.5 Å². The molecule has 0 fully saturated rings. The van der Waals surface area contributed by atoms with Crippen molar-refractivity contribution in [3.8, 4) is 10.7 Å². The van der Waals surface area contributed by atoms with Crippen molar-refractivity contribution in [1.29, 1.82) is 0 Å². The van der Waals surface area contributed by atoms with Crippen LogP contribution in [0.25, 0.3) is 10.7 Å². The van der Waals surface area contributed by atoms with Gasteiger partial charge >= 0.3 is 0 Å². The fraction of sp³-hybridized carbons (Fsp3) is 0.188. The molecular weight excluding hydrogens is 344 g/mol. The van der Waals surface area contributed by atoms with E-state index in [-0.39, 0.29) is 24.6 Å². The molecule has 0 atom stereocenters. The lowest BCUT2D eigenvalue weighted by Crippen LogP contribution is -2.28. The Morgan fingerprint density at radius 3 is 2.84 bits per heavy atom. The molecule has 2 heterocycles.